The summed E-state index contributed by atoms with van der Waals surface area (Å²) in [5.74, 6) is -0.881. The molecule has 19 heavy (non-hydrogen) atoms. The summed E-state index contributed by atoms with van der Waals surface area (Å²) < 4.78 is 6.19. The van der Waals surface area contributed by atoms with Crippen molar-refractivity contribution in [3.05, 3.63) is 47.8 Å². The van der Waals surface area contributed by atoms with Gasteiger partial charge in [0.25, 0.3) is 5.91 Å². The molecule has 0 spiro atoms. The van der Waals surface area contributed by atoms with Crippen molar-refractivity contribution in [2.75, 3.05) is 12.4 Å². The van der Waals surface area contributed by atoms with E-state index in [2.05, 4.69) is 15.2 Å². The van der Waals surface area contributed by atoms with Gasteiger partial charge in [-0.1, -0.05) is 12.1 Å². The highest BCUT2D eigenvalue weighted by Gasteiger charge is 2.15. The summed E-state index contributed by atoms with van der Waals surface area (Å²) in [6.45, 7) is 0. The molecule has 0 saturated carbocycles. The number of methoxy groups -OCH3 is 1. The van der Waals surface area contributed by atoms with Crippen molar-refractivity contribution in [2.45, 2.75) is 0 Å². The molecule has 0 aliphatic carbocycles. The lowest BCUT2D eigenvalue weighted by Gasteiger charge is -2.08. The van der Waals surface area contributed by atoms with E-state index >= 15 is 0 Å². The second-order valence-corrected chi connectivity index (χ2v) is 3.87. The molecular formula is C13H13N3O3. The maximum atomic E-state index is 12.0. The fraction of sp³-hybridized carbons (Fsp3) is 0.154. The first-order chi connectivity index (χ1) is 9.11. The van der Waals surface area contributed by atoms with Gasteiger partial charge in [0, 0.05) is 13.2 Å². The lowest BCUT2D eigenvalue weighted by atomic mass is 10.1. The zero-order valence-corrected chi connectivity index (χ0v) is 10.6. The molecule has 0 saturated heterocycles. The molecule has 0 aliphatic rings. The Hall–Kier alpha value is -2.63. The van der Waals surface area contributed by atoms with Crippen LogP contribution < -0.4 is 5.32 Å². The molecule has 1 N–H and O–H groups in total. The third-order valence-electron chi connectivity index (χ3n) is 2.53. The van der Waals surface area contributed by atoms with Gasteiger partial charge >= 0.3 is 5.97 Å². The number of carbonyl (C=O) groups is 2. The van der Waals surface area contributed by atoms with E-state index < -0.39 is 5.97 Å². The Morgan fingerprint density at radius 3 is 2.63 bits per heavy atom. The van der Waals surface area contributed by atoms with Crippen molar-refractivity contribution in [3.63, 3.8) is 0 Å². The fourth-order valence-electron chi connectivity index (χ4n) is 1.60. The van der Waals surface area contributed by atoms with Crippen molar-refractivity contribution in [3.8, 4) is 0 Å². The summed E-state index contributed by atoms with van der Waals surface area (Å²) in [6.07, 6.45) is 1.67. The van der Waals surface area contributed by atoms with Crippen molar-refractivity contribution in [2.24, 2.45) is 7.05 Å². The molecule has 0 fully saturated rings. The standard InChI is InChI=1S/C13H13N3O3/c1-16-8-7-11(15-16)12(17)14-10-6-4-3-5-9(10)13(18)19-2/h3-8H,1-2H3,(H,14,17). The van der Waals surface area contributed by atoms with Gasteiger partial charge in [-0.15, -0.1) is 0 Å². The highest BCUT2D eigenvalue weighted by atomic mass is 16.5. The Bertz CT molecular complexity index is 619. The van der Waals surface area contributed by atoms with Gasteiger partial charge in [0.15, 0.2) is 5.69 Å². The quantitative estimate of drug-likeness (QED) is 0.847. The van der Waals surface area contributed by atoms with Crippen LogP contribution in [0.4, 0.5) is 5.69 Å². The molecule has 0 radical (unpaired) electrons. The number of para-hydroxylation sites is 1. The largest absolute Gasteiger partial charge is 0.465 e. The molecule has 0 unspecified atom stereocenters. The molecule has 2 aromatic rings. The number of anilines is 1. The summed E-state index contributed by atoms with van der Waals surface area (Å²) in [6, 6.07) is 8.23. The Balaban J connectivity index is 2.24. The van der Waals surface area contributed by atoms with Crippen molar-refractivity contribution < 1.29 is 14.3 Å². The number of rotatable bonds is 3. The number of hydrogen-bond acceptors (Lipinski definition) is 4. The van der Waals surface area contributed by atoms with Gasteiger partial charge in [0.05, 0.1) is 18.4 Å². The topological polar surface area (TPSA) is 73.2 Å². The summed E-state index contributed by atoms with van der Waals surface area (Å²) >= 11 is 0. The number of ether oxygens (including phenoxy) is 1. The highest BCUT2D eigenvalue weighted by Crippen LogP contribution is 2.16. The SMILES string of the molecule is COC(=O)c1ccccc1NC(=O)c1ccn(C)n1. The summed E-state index contributed by atoms with van der Waals surface area (Å²) in [4.78, 5) is 23.5. The molecule has 0 aliphatic heterocycles. The van der Waals surface area contributed by atoms with Crippen LogP contribution in [0.5, 0.6) is 0 Å². The summed E-state index contributed by atoms with van der Waals surface area (Å²) in [5, 5.41) is 6.63. The van der Waals surface area contributed by atoms with Gasteiger partial charge in [-0.2, -0.15) is 5.10 Å². The number of aromatic nitrogens is 2. The van der Waals surface area contributed by atoms with Crippen LogP contribution in [0.2, 0.25) is 0 Å². The molecule has 1 aromatic heterocycles. The Morgan fingerprint density at radius 1 is 1.26 bits per heavy atom. The number of amides is 1. The zero-order chi connectivity index (χ0) is 13.8. The van der Waals surface area contributed by atoms with E-state index in [9.17, 15) is 9.59 Å². The zero-order valence-electron chi connectivity index (χ0n) is 10.6. The number of esters is 1. The molecule has 6 nitrogen and oxygen atoms in total. The average molecular weight is 259 g/mol. The van der Waals surface area contributed by atoms with Crippen molar-refractivity contribution >= 4 is 17.6 Å². The molecule has 1 aromatic carbocycles. The summed E-state index contributed by atoms with van der Waals surface area (Å²) in [5.41, 5.74) is 0.974. The van der Waals surface area contributed by atoms with Crippen LogP contribution in [-0.2, 0) is 11.8 Å². The van der Waals surface area contributed by atoms with Crippen LogP contribution in [0.15, 0.2) is 36.5 Å². The van der Waals surface area contributed by atoms with Gasteiger partial charge < -0.3 is 10.1 Å². The number of carbonyl (C=O) groups excluding carboxylic acids is 2. The Morgan fingerprint density at radius 2 is 2.00 bits per heavy atom. The minimum absolute atomic E-state index is 0.280. The molecule has 0 bridgehead atoms. The fourth-order valence-corrected chi connectivity index (χ4v) is 1.60. The van der Waals surface area contributed by atoms with Crippen LogP contribution in [0, 0.1) is 0 Å². The number of aryl methyl sites for hydroxylation is 1. The van der Waals surface area contributed by atoms with Gasteiger partial charge in [-0.05, 0) is 18.2 Å². The van der Waals surface area contributed by atoms with E-state index in [1.807, 2.05) is 0 Å². The first-order valence-electron chi connectivity index (χ1n) is 5.60. The van der Waals surface area contributed by atoms with Crippen molar-refractivity contribution in [1.82, 2.24) is 9.78 Å². The second kappa shape index (κ2) is 5.34. The highest BCUT2D eigenvalue weighted by molar-refractivity contribution is 6.06. The van der Waals surface area contributed by atoms with E-state index in [1.54, 1.807) is 43.6 Å². The maximum Gasteiger partial charge on any atom is 0.339 e. The van der Waals surface area contributed by atoms with E-state index in [-0.39, 0.29) is 11.6 Å². The molecular weight excluding hydrogens is 246 g/mol. The molecule has 1 heterocycles. The minimum Gasteiger partial charge on any atom is -0.465 e. The van der Waals surface area contributed by atoms with E-state index in [1.165, 1.54) is 11.8 Å². The smallest absolute Gasteiger partial charge is 0.339 e. The second-order valence-electron chi connectivity index (χ2n) is 3.87. The van der Waals surface area contributed by atoms with Gasteiger partial charge in [0.2, 0.25) is 0 Å². The molecule has 0 atom stereocenters. The third-order valence-corrected chi connectivity index (χ3v) is 2.53. The van der Waals surface area contributed by atoms with E-state index in [4.69, 9.17) is 0 Å². The maximum absolute atomic E-state index is 12.0. The number of nitrogens with zero attached hydrogens (tertiary/aromatic N) is 2. The Labute approximate surface area is 110 Å². The lowest BCUT2D eigenvalue weighted by molar-refractivity contribution is 0.0602. The van der Waals surface area contributed by atoms with Crippen LogP contribution in [0.25, 0.3) is 0 Å². The van der Waals surface area contributed by atoms with Gasteiger partial charge in [0.1, 0.15) is 0 Å². The molecule has 1 amide bonds. The van der Waals surface area contributed by atoms with Gasteiger partial charge in [-0.3, -0.25) is 9.48 Å². The van der Waals surface area contributed by atoms with Crippen LogP contribution >= 0.6 is 0 Å². The molecule has 2 rings (SSSR count). The number of hydrogen-bond donors (Lipinski definition) is 1. The van der Waals surface area contributed by atoms with E-state index in [0.29, 0.717) is 11.3 Å². The van der Waals surface area contributed by atoms with Crippen LogP contribution in [0.3, 0.4) is 0 Å². The first-order valence-corrected chi connectivity index (χ1v) is 5.60. The molecule has 6 heteroatoms. The Kier molecular flexibility index (Phi) is 3.61. The van der Waals surface area contributed by atoms with Crippen molar-refractivity contribution in [1.29, 1.82) is 0 Å². The van der Waals surface area contributed by atoms with E-state index in [0.717, 1.165) is 0 Å². The first kappa shape index (κ1) is 12.8. The lowest BCUT2D eigenvalue weighted by Crippen LogP contribution is -2.16. The monoisotopic (exact) mass is 259 g/mol. The van der Waals surface area contributed by atoms with Crippen LogP contribution in [-0.4, -0.2) is 28.8 Å². The predicted molar refractivity (Wildman–Crippen MR) is 68.9 cm³/mol. The summed E-state index contributed by atoms with van der Waals surface area (Å²) in [7, 11) is 3.01. The third kappa shape index (κ3) is 2.79. The molecule has 98 valence electrons. The minimum atomic E-state index is -0.503. The number of nitrogens with one attached hydrogen (secondary N) is 1. The van der Waals surface area contributed by atoms with Gasteiger partial charge in [-0.25, -0.2) is 4.79 Å². The van der Waals surface area contributed by atoms with Crippen LogP contribution in [0.1, 0.15) is 20.8 Å². The predicted octanol–water partition coefficient (Wildman–Crippen LogP) is 1.46. The number of benzene rings is 1. The normalized spacial score (nSPS) is 10.0. The average Bonchev–Trinajstić information content (AvgIpc) is 2.85.